The van der Waals surface area contributed by atoms with Crippen molar-refractivity contribution in [3.05, 3.63) is 88.7 Å². The van der Waals surface area contributed by atoms with Gasteiger partial charge in [-0.05, 0) is 92.9 Å². The Hall–Kier alpha value is -3.04. The molecule has 2 spiro atoms. The van der Waals surface area contributed by atoms with Crippen LogP contribution in [0.5, 0.6) is 0 Å². The highest BCUT2D eigenvalue weighted by Gasteiger charge is 2.74. The summed E-state index contributed by atoms with van der Waals surface area (Å²) in [6.07, 6.45) is 11.4. The second-order valence-electron chi connectivity index (χ2n) is 16.2. The zero-order chi connectivity index (χ0) is 35.5. The van der Waals surface area contributed by atoms with Crippen LogP contribution < -0.4 is 5.32 Å². The third-order valence-corrected chi connectivity index (χ3v) is 14.3. The highest BCUT2D eigenvalue weighted by Crippen LogP contribution is 2.78. The number of halogens is 2. The van der Waals surface area contributed by atoms with Crippen molar-refractivity contribution >= 4 is 29.1 Å². The number of aliphatic hydroxyl groups is 2. The number of nitrogens with zero attached hydrogens (tertiary/aromatic N) is 1. The molecular formula is C41H50ClFN2O5. The van der Waals surface area contributed by atoms with Gasteiger partial charge in [0.1, 0.15) is 5.82 Å². The Bertz CT molecular complexity index is 1700. The lowest BCUT2D eigenvalue weighted by Gasteiger charge is -2.71. The number of carbonyl (C=O) groups is 2. The van der Waals surface area contributed by atoms with E-state index in [-0.39, 0.29) is 52.6 Å². The van der Waals surface area contributed by atoms with Crippen LogP contribution in [0.4, 0.5) is 14.9 Å². The molecule has 6 aliphatic rings. The fourth-order valence-electron chi connectivity index (χ4n) is 11.3. The lowest BCUT2D eigenvalue weighted by atomic mass is 9.32. The van der Waals surface area contributed by atoms with Crippen LogP contribution in [-0.2, 0) is 16.0 Å². The van der Waals surface area contributed by atoms with E-state index in [2.05, 4.69) is 37.4 Å². The Balaban J connectivity index is 1.27. The minimum absolute atomic E-state index is 0.0960. The van der Waals surface area contributed by atoms with Gasteiger partial charge in [-0.1, -0.05) is 67.9 Å². The number of urea groups is 1. The number of amides is 2. The van der Waals surface area contributed by atoms with Crippen molar-refractivity contribution < 1.29 is 28.9 Å². The number of aliphatic hydroxyl groups excluding tert-OH is 1. The van der Waals surface area contributed by atoms with Gasteiger partial charge >= 0.3 is 6.03 Å². The number of ketones is 1. The molecule has 9 heteroatoms. The molecule has 2 aromatic carbocycles. The first-order valence-electron chi connectivity index (χ1n) is 18.2. The molecule has 8 rings (SSSR count). The van der Waals surface area contributed by atoms with Crippen LogP contribution in [0.3, 0.4) is 0 Å². The number of carbonyl (C=O) groups excluding carboxylic acids is 2. The van der Waals surface area contributed by atoms with Crippen molar-refractivity contribution in [2.24, 2.45) is 33.5 Å². The van der Waals surface area contributed by atoms with Crippen molar-refractivity contribution in [1.82, 2.24) is 4.90 Å². The Kier molecular flexibility index (Phi) is 9.10. The Labute approximate surface area is 299 Å². The van der Waals surface area contributed by atoms with E-state index in [1.54, 1.807) is 24.1 Å². The Morgan fingerprint density at radius 2 is 1.72 bits per heavy atom. The lowest BCUT2D eigenvalue weighted by molar-refractivity contribution is -0.177. The molecule has 7 nitrogen and oxygen atoms in total. The maximum atomic E-state index is 15.1. The van der Waals surface area contributed by atoms with E-state index < -0.39 is 33.8 Å². The minimum Gasteiger partial charge on any atom is -0.393 e. The molecular weight excluding hydrogens is 655 g/mol. The number of para-hydroxylation sites is 1. The number of Topliss-reactive ketones (excluding diaryl/α,β-unsaturated/α-hetero) is 1. The number of benzene rings is 2. The quantitative estimate of drug-likeness (QED) is 0.174. The first-order chi connectivity index (χ1) is 23.8. The van der Waals surface area contributed by atoms with Gasteiger partial charge < -0.3 is 25.2 Å². The molecule has 3 fully saturated rings. The van der Waals surface area contributed by atoms with Crippen LogP contribution >= 0.6 is 11.6 Å². The predicted octanol–water partition coefficient (Wildman–Crippen LogP) is 7.75. The van der Waals surface area contributed by atoms with E-state index >= 15 is 4.39 Å². The summed E-state index contributed by atoms with van der Waals surface area (Å²) in [5.74, 6) is -0.649. The van der Waals surface area contributed by atoms with Crippen LogP contribution in [0.1, 0.15) is 70.8 Å². The number of hydrogen-bond acceptors (Lipinski definition) is 5. The topological polar surface area (TPSA) is 99.1 Å². The molecule has 2 aromatic rings. The summed E-state index contributed by atoms with van der Waals surface area (Å²) in [5.41, 5.74) is -1.65. The molecule has 50 heavy (non-hydrogen) atoms. The van der Waals surface area contributed by atoms with Crippen LogP contribution in [0.2, 0.25) is 5.02 Å². The maximum Gasteiger partial charge on any atom is 0.321 e. The van der Waals surface area contributed by atoms with E-state index in [0.717, 1.165) is 19.3 Å². The summed E-state index contributed by atoms with van der Waals surface area (Å²) in [7, 11) is 1.64. The molecule has 0 radical (unpaired) electrons. The molecule has 8 atom stereocenters. The normalized spacial score (nSPS) is 36.6. The first-order valence-corrected chi connectivity index (χ1v) is 18.6. The molecule has 8 unspecified atom stereocenters. The monoisotopic (exact) mass is 704 g/mol. The van der Waals surface area contributed by atoms with E-state index in [1.807, 2.05) is 30.3 Å². The van der Waals surface area contributed by atoms with E-state index in [9.17, 15) is 19.8 Å². The summed E-state index contributed by atoms with van der Waals surface area (Å²) in [6.45, 7) is 5.55. The highest BCUT2D eigenvalue weighted by molar-refractivity contribution is 6.31. The number of ether oxygens (including phenoxy) is 1. The highest BCUT2D eigenvalue weighted by atomic mass is 35.5. The van der Waals surface area contributed by atoms with E-state index in [0.29, 0.717) is 56.5 Å². The Morgan fingerprint density at radius 3 is 2.46 bits per heavy atom. The van der Waals surface area contributed by atoms with Crippen LogP contribution in [0.15, 0.2) is 72.3 Å². The number of methoxy groups -OCH3 is 1. The molecule has 3 saturated carbocycles. The molecule has 0 aromatic heterocycles. The molecule has 0 heterocycles. The van der Waals surface area contributed by atoms with Crippen molar-refractivity contribution in [3.63, 3.8) is 0 Å². The smallest absolute Gasteiger partial charge is 0.321 e. The zero-order valence-electron chi connectivity index (χ0n) is 29.4. The number of fused-ring (bicyclic) bond motifs is 1. The molecule has 268 valence electrons. The fourth-order valence-corrected chi connectivity index (χ4v) is 11.5. The lowest BCUT2D eigenvalue weighted by Crippen LogP contribution is -2.67. The summed E-state index contributed by atoms with van der Waals surface area (Å²) in [5, 5.41) is 27.1. The molecule has 6 aliphatic carbocycles. The van der Waals surface area contributed by atoms with E-state index in [1.165, 1.54) is 6.07 Å². The SMILES string of the molecule is COCCCN(CC1(O)CCC2C34C=CC5(C=C3C(=O)Cc3c(F)cccc3Cl)CC(O)CCC5(C)C4CCC21C)C(=O)Nc1ccccc1. The summed E-state index contributed by atoms with van der Waals surface area (Å²) < 4.78 is 20.4. The van der Waals surface area contributed by atoms with Gasteiger partial charge in [-0.3, -0.25) is 4.79 Å². The van der Waals surface area contributed by atoms with Crippen LogP contribution in [-0.4, -0.2) is 65.4 Å². The van der Waals surface area contributed by atoms with Gasteiger partial charge in [0, 0.05) is 64.8 Å². The van der Waals surface area contributed by atoms with Crippen molar-refractivity contribution in [1.29, 1.82) is 0 Å². The summed E-state index contributed by atoms with van der Waals surface area (Å²) in [6, 6.07) is 13.5. The number of nitrogens with one attached hydrogen (secondary N) is 1. The third-order valence-electron chi connectivity index (χ3n) is 14.0. The molecule has 2 amide bonds. The molecule has 0 aliphatic heterocycles. The van der Waals surface area contributed by atoms with Gasteiger partial charge in [-0.25, -0.2) is 9.18 Å². The third kappa shape index (κ3) is 5.31. The predicted molar refractivity (Wildman–Crippen MR) is 192 cm³/mol. The molecule has 3 N–H and O–H groups in total. The number of anilines is 1. The van der Waals surface area contributed by atoms with Crippen molar-refractivity contribution in [2.75, 3.05) is 32.1 Å². The number of rotatable bonds is 10. The minimum atomic E-state index is -1.22. The van der Waals surface area contributed by atoms with Gasteiger partial charge in [0.15, 0.2) is 5.78 Å². The van der Waals surface area contributed by atoms with Crippen LogP contribution in [0.25, 0.3) is 0 Å². The average molecular weight is 705 g/mol. The Morgan fingerprint density at radius 1 is 1.00 bits per heavy atom. The zero-order valence-corrected chi connectivity index (χ0v) is 30.1. The van der Waals surface area contributed by atoms with Gasteiger partial charge in [0.2, 0.25) is 0 Å². The van der Waals surface area contributed by atoms with Gasteiger partial charge in [-0.15, -0.1) is 0 Å². The average Bonchev–Trinajstić information content (AvgIpc) is 3.36. The molecule has 2 bridgehead atoms. The van der Waals surface area contributed by atoms with Gasteiger partial charge in [0.25, 0.3) is 0 Å². The summed E-state index contributed by atoms with van der Waals surface area (Å²) >= 11 is 6.46. The van der Waals surface area contributed by atoms with Gasteiger partial charge in [0.05, 0.1) is 18.2 Å². The summed E-state index contributed by atoms with van der Waals surface area (Å²) in [4.78, 5) is 30.2. The van der Waals surface area contributed by atoms with Crippen molar-refractivity contribution in [3.8, 4) is 0 Å². The maximum absolute atomic E-state index is 15.1. The molecule has 0 saturated heterocycles. The number of allylic oxidation sites excluding steroid dienone is 4. The van der Waals surface area contributed by atoms with Crippen LogP contribution in [0, 0.1) is 39.3 Å². The number of hydrogen-bond donors (Lipinski definition) is 3. The first kappa shape index (κ1) is 35.4. The van der Waals surface area contributed by atoms with E-state index in [4.69, 9.17) is 16.3 Å². The fraction of sp³-hybridized carbons (Fsp3) is 0.561. The second kappa shape index (κ2) is 12.9. The van der Waals surface area contributed by atoms with Crippen molar-refractivity contribution in [2.45, 2.75) is 83.3 Å². The standard InChI is InChI=1S/C41H50ClFN2O5/c1-37-16-13-28(46)24-39(37)19-20-41(30(25-39)33(47)23-29-31(42)11-7-12-32(29)43)34(37)14-17-38(2)35(41)15-18-40(38,49)26-45(21-8-22-50-3)36(48)44-27-9-5-4-6-10-27/h4-7,9-12,19-20,25,28,34-35,46,49H,8,13-18,21-24,26H2,1-3H3,(H,44,48). The largest absolute Gasteiger partial charge is 0.393 e. The second-order valence-corrected chi connectivity index (χ2v) is 16.6. The van der Waals surface area contributed by atoms with Gasteiger partial charge in [-0.2, -0.15) is 0 Å².